The quantitative estimate of drug-likeness (QED) is 0.936. The van der Waals surface area contributed by atoms with Gasteiger partial charge in [-0.2, -0.15) is 5.10 Å². The van der Waals surface area contributed by atoms with Crippen LogP contribution in [-0.2, 0) is 0 Å². The number of hydrogen-bond acceptors (Lipinski definition) is 3. The fourth-order valence-corrected chi connectivity index (χ4v) is 3.30. The second-order valence-corrected chi connectivity index (χ2v) is 6.32. The molecule has 0 aliphatic carbocycles. The zero-order valence-electron chi connectivity index (χ0n) is 13.2. The first-order valence-electron chi connectivity index (χ1n) is 7.93. The highest BCUT2D eigenvalue weighted by Gasteiger charge is 2.25. The minimum atomic E-state index is -0.00314. The zero-order valence-corrected chi connectivity index (χ0v) is 14.0. The van der Waals surface area contributed by atoms with E-state index < -0.39 is 0 Å². The lowest BCUT2D eigenvalue weighted by molar-refractivity contribution is 0.0668. The van der Waals surface area contributed by atoms with Crippen LogP contribution in [0.15, 0.2) is 36.5 Å². The van der Waals surface area contributed by atoms with Gasteiger partial charge >= 0.3 is 0 Å². The Morgan fingerprint density at radius 2 is 2.22 bits per heavy atom. The van der Waals surface area contributed by atoms with Crippen molar-refractivity contribution in [1.29, 1.82) is 0 Å². The monoisotopic (exact) mass is 332 g/mol. The topological polar surface area (TPSA) is 50.2 Å². The molecule has 6 heteroatoms. The predicted octanol–water partition coefficient (Wildman–Crippen LogP) is 2.60. The van der Waals surface area contributed by atoms with E-state index >= 15 is 0 Å². The maximum Gasteiger partial charge on any atom is 0.274 e. The highest BCUT2D eigenvalue weighted by molar-refractivity contribution is 6.32. The molecule has 0 radical (unpaired) electrons. The molecule has 1 aliphatic heterocycles. The van der Waals surface area contributed by atoms with Crippen molar-refractivity contribution in [3.63, 3.8) is 0 Å². The molecule has 1 saturated heterocycles. The molecule has 0 unspecified atom stereocenters. The molecule has 5 nitrogen and oxygen atoms in total. The Bertz CT molecular complexity index is 683. The third-order valence-corrected chi connectivity index (χ3v) is 4.53. The highest BCUT2D eigenvalue weighted by atomic mass is 35.5. The number of carbonyl (C=O) groups is 1. The van der Waals surface area contributed by atoms with Gasteiger partial charge in [0.25, 0.3) is 5.91 Å². The number of carbonyl (C=O) groups excluding carboxylic acids is 1. The molecule has 23 heavy (non-hydrogen) atoms. The van der Waals surface area contributed by atoms with Crippen molar-refractivity contribution in [3.8, 4) is 5.69 Å². The van der Waals surface area contributed by atoms with Crippen LogP contribution in [0.4, 0.5) is 0 Å². The summed E-state index contributed by atoms with van der Waals surface area (Å²) >= 11 is 6.19. The maximum absolute atomic E-state index is 12.7. The lowest BCUT2D eigenvalue weighted by atomic mass is 9.98. The van der Waals surface area contributed by atoms with Gasteiger partial charge in [0.1, 0.15) is 0 Å². The highest BCUT2D eigenvalue weighted by Crippen LogP contribution is 2.21. The number of benzene rings is 1. The van der Waals surface area contributed by atoms with Crippen LogP contribution in [0.1, 0.15) is 23.3 Å². The van der Waals surface area contributed by atoms with Crippen LogP contribution in [0.3, 0.4) is 0 Å². The Labute approximate surface area is 141 Å². The lowest BCUT2D eigenvalue weighted by Crippen LogP contribution is -2.42. The number of aromatic nitrogens is 2. The minimum Gasteiger partial charge on any atom is -0.337 e. The van der Waals surface area contributed by atoms with E-state index in [0.29, 0.717) is 16.6 Å². The largest absolute Gasteiger partial charge is 0.337 e. The normalized spacial score (nSPS) is 18.2. The van der Waals surface area contributed by atoms with Crippen LogP contribution in [0, 0.1) is 5.92 Å². The van der Waals surface area contributed by atoms with Gasteiger partial charge in [0, 0.05) is 19.3 Å². The number of piperidine rings is 1. The van der Waals surface area contributed by atoms with Crippen molar-refractivity contribution in [3.05, 3.63) is 47.2 Å². The van der Waals surface area contributed by atoms with Crippen LogP contribution in [0.2, 0.25) is 5.02 Å². The third-order valence-electron chi connectivity index (χ3n) is 4.21. The molecule has 1 N–H and O–H groups in total. The van der Waals surface area contributed by atoms with Crippen molar-refractivity contribution in [2.75, 3.05) is 26.7 Å². The standard InChI is InChI=1S/C17H21ClN4O/c1-19-11-13-5-4-9-21(12-13)17(23)15-8-10-22(20-15)16-7-3-2-6-14(16)18/h2-3,6-8,10,13,19H,4-5,9,11-12H2,1H3/t13-/m0/s1. The van der Waals surface area contributed by atoms with Gasteiger partial charge < -0.3 is 10.2 Å². The Hall–Kier alpha value is -1.85. The van der Waals surface area contributed by atoms with Crippen LogP contribution in [0.25, 0.3) is 5.69 Å². The number of hydrogen-bond donors (Lipinski definition) is 1. The second kappa shape index (κ2) is 7.15. The van der Waals surface area contributed by atoms with Gasteiger partial charge in [-0.3, -0.25) is 4.79 Å². The summed E-state index contributed by atoms with van der Waals surface area (Å²) in [6, 6.07) is 9.22. The molecule has 1 aliphatic rings. The summed E-state index contributed by atoms with van der Waals surface area (Å²) in [5, 5.41) is 8.22. The van der Waals surface area contributed by atoms with E-state index in [2.05, 4.69) is 10.4 Å². The zero-order chi connectivity index (χ0) is 16.2. The number of nitrogens with one attached hydrogen (secondary N) is 1. The lowest BCUT2D eigenvalue weighted by Gasteiger charge is -2.32. The number of para-hydroxylation sites is 1. The summed E-state index contributed by atoms with van der Waals surface area (Å²) in [6.45, 7) is 2.54. The number of halogens is 1. The first-order chi connectivity index (χ1) is 11.2. The fourth-order valence-electron chi connectivity index (χ4n) is 3.08. The Morgan fingerprint density at radius 3 is 3.00 bits per heavy atom. The van der Waals surface area contributed by atoms with Crippen molar-refractivity contribution in [1.82, 2.24) is 20.0 Å². The first-order valence-corrected chi connectivity index (χ1v) is 8.31. The van der Waals surface area contributed by atoms with Gasteiger partial charge in [0.05, 0.1) is 10.7 Å². The van der Waals surface area contributed by atoms with Gasteiger partial charge in [0.15, 0.2) is 5.69 Å². The molecule has 1 amide bonds. The average molecular weight is 333 g/mol. The SMILES string of the molecule is CNC[C@@H]1CCCN(C(=O)c2ccn(-c3ccccc3Cl)n2)C1. The van der Waals surface area contributed by atoms with Crippen molar-refractivity contribution < 1.29 is 4.79 Å². The minimum absolute atomic E-state index is 0.00314. The molecule has 0 spiro atoms. The number of amides is 1. The summed E-state index contributed by atoms with van der Waals surface area (Å²) in [6.07, 6.45) is 3.99. The summed E-state index contributed by atoms with van der Waals surface area (Å²) in [4.78, 5) is 14.6. The van der Waals surface area contributed by atoms with E-state index in [-0.39, 0.29) is 5.91 Å². The van der Waals surface area contributed by atoms with Gasteiger partial charge in [-0.15, -0.1) is 0 Å². The molecule has 1 fully saturated rings. The Balaban J connectivity index is 1.75. The molecular weight excluding hydrogens is 312 g/mol. The van der Waals surface area contributed by atoms with Gasteiger partial charge in [-0.05, 0) is 50.6 Å². The third kappa shape index (κ3) is 3.57. The Kier molecular flexibility index (Phi) is 4.98. The second-order valence-electron chi connectivity index (χ2n) is 5.91. The van der Waals surface area contributed by atoms with E-state index in [1.807, 2.05) is 36.2 Å². The molecule has 0 bridgehead atoms. The van der Waals surface area contributed by atoms with E-state index in [4.69, 9.17) is 11.6 Å². The molecule has 1 aromatic heterocycles. The summed E-state index contributed by atoms with van der Waals surface area (Å²) < 4.78 is 1.66. The summed E-state index contributed by atoms with van der Waals surface area (Å²) in [5.74, 6) is 0.514. The van der Waals surface area contributed by atoms with Crippen molar-refractivity contribution in [2.24, 2.45) is 5.92 Å². The summed E-state index contributed by atoms with van der Waals surface area (Å²) in [7, 11) is 1.95. The molecule has 3 rings (SSSR count). The molecule has 2 heterocycles. The van der Waals surface area contributed by atoms with Gasteiger partial charge in [-0.1, -0.05) is 23.7 Å². The van der Waals surface area contributed by atoms with E-state index in [0.717, 1.165) is 31.7 Å². The van der Waals surface area contributed by atoms with E-state index in [1.54, 1.807) is 16.9 Å². The molecule has 0 saturated carbocycles. The maximum atomic E-state index is 12.7. The fraction of sp³-hybridized carbons (Fsp3) is 0.412. The first kappa shape index (κ1) is 16.0. The van der Waals surface area contributed by atoms with Crippen molar-refractivity contribution in [2.45, 2.75) is 12.8 Å². The van der Waals surface area contributed by atoms with Crippen molar-refractivity contribution >= 4 is 17.5 Å². The Morgan fingerprint density at radius 1 is 1.39 bits per heavy atom. The summed E-state index contributed by atoms with van der Waals surface area (Å²) in [5.41, 5.74) is 1.25. The van der Waals surface area contributed by atoms with Crippen LogP contribution >= 0.6 is 11.6 Å². The molecule has 2 aromatic rings. The molecule has 122 valence electrons. The molecule has 1 atom stereocenters. The van der Waals surface area contributed by atoms with Gasteiger partial charge in [0.2, 0.25) is 0 Å². The van der Waals surface area contributed by atoms with Crippen LogP contribution in [-0.4, -0.2) is 47.3 Å². The number of nitrogens with zero attached hydrogens (tertiary/aromatic N) is 3. The number of rotatable bonds is 4. The van der Waals surface area contributed by atoms with E-state index in [1.165, 1.54) is 6.42 Å². The van der Waals surface area contributed by atoms with E-state index in [9.17, 15) is 4.79 Å². The van der Waals surface area contributed by atoms with Crippen LogP contribution < -0.4 is 5.32 Å². The van der Waals surface area contributed by atoms with Gasteiger partial charge in [-0.25, -0.2) is 4.68 Å². The average Bonchev–Trinajstić information content (AvgIpc) is 3.05. The smallest absolute Gasteiger partial charge is 0.274 e. The molecule has 1 aromatic carbocycles. The predicted molar refractivity (Wildman–Crippen MR) is 91.1 cm³/mol. The number of likely N-dealkylation sites (tertiary alicyclic amines) is 1. The van der Waals surface area contributed by atoms with Crippen LogP contribution in [0.5, 0.6) is 0 Å². The molecular formula is C17H21ClN4O.